The molecule has 0 bridgehead atoms. The van der Waals surface area contributed by atoms with Crippen molar-refractivity contribution in [3.05, 3.63) is 29.6 Å². The van der Waals surface area contributed by atoms with Crippen molar-refractivity contribution < 1.29 is 9.63 Å². The molecule has 1 aromatic carbocycles. The first-order valence-corrected chi connectivity index (χ1v) is 7.27. The van der Waals surface area contributed by atoms with Crippen LogP contribution in [-0.4, -0.2) is 15.2 Å². The second kappa shape index (κ2) is 5.27. The second-order valence-electron chi connectivity index (χ2n) is 5.93. The lowest BCUT2D eigenvalue weighted by Crippen LogP contribution is -2.12. The fourth-order valence-corrected chi connectivity index (χ4v) is 3.07. The van der Waals surface area contributed by atoms with Gasteiger partial charge in [0.25, 0.3) is 5.89 Å². The van der Waals surface area contributed by atoms with Crippen molar-refractivity contribution >= 4 is 0 Å². The number of phenolic OH excluding ortho intramolecular Hbond substituents is 1. The molecule has 3 rings (SSSR count). The molecule has 1 aliphatic carbocycles. The van der Waals surface area contributed by atoms with E-state index in [1.54, 1.807) is 12.1 Å². The third-order valence-corrected chi connectivity index (χ3v) is 4.18. The third-order valence-electron chi connectivity index (χ3n) is 4.18. The zero-order chi connectivity index (χ0) is 14.1. The maximum absolute atomic E-state index is 9.46. The average molecular weight is 272 g/mol. The number of nitrogens with zero attached hydrogens (tertiary/aromatic N) is 2. The summed E-state index contributed by atoms with van der Waals surface area (Å²) < 4.78 is 5.42. The fourth-order valence-electron chi connectivity index (χ4n) is 3.07. The van der Waals surface area contributed by atoms with E-state index in [0.29, 0.717) is 11.8 Å². The highest BCUT2D eigenvalue weighted by atomic mass is 16.5. The summed E-state index contributed by atoms with van der Waals surface area (Å²) in [6.45, 7) is 4.22. The molecule has 1 fully saturated rings. The van der Waals surface area contributed by atoms with Crippen LogP contribution in [0.2, 0.25) is 0 Å². The number of phenols is 1. The van der Waals surface area contributed by atoms with E-state index in [9.17, 15) is 5.11 Å². The van der Waals surface area contributed by atoms with Crippen molar-refractivity contribution in [2.24, 2.45) is 5.92 Å². The van der Waals surface area contributed by atoms with E-state index < -0.39 is 0 Å². The second-order valence-corrected chi connectivity index (χ2v) is 5.93. The van der Waals surface area contributed by atoms with E-state index in [0.717, 1.165) is 35.7 Å². The Morgan fingerprint density at radius 2 is 2.15 bits per heavy atom. The van der Waals surface area contributed by atoms with Crippen LogP contribution in [0.1, 0.15) is 49.9 Å². The van der Waals surface area contributed by atoms with Gasteiger partial charge in [-0.1, -0.05) is 24.9 Å². The van der Waals surface area contributed by atoms with Gasteiger partial charge in [0.05, 0.1) is 0 Å². The normalized spacial score (nSPS) is 22.9. The van der Waals surface area contributed by atoms with Crippen LogP contribution in [0.25, 0.3) is 11.5 Å². The SMILES string of the molecule is Cc1cc(O)ccc1-c1nc(C2CCCC(C)C2)no1. The van der Waals surface area contributed by atoms with Crippen molar-refractivity contribution in [2.45, 2.75) is 45.4 Å². The monoisotopic (exact) mass is 272 g/mol. The van der Waals surface area contributed by atoms with Crippen LogP contribution < -0.4 is 0 Å². The van der Waals surface area contributed by atoms with Gasteiger partial charge in [-0.05, 0) is 49.4 Å². The summed E-state index contributed by atoms with van der Waals surface area (Å²) in [5, 5.41) is 13.6. The van der Waals surface area contributed by atoms with Gasteiger partial charge in [0.15, 0.2) is 5.82 Å². The lowest BCUT2D eigenvalue weighted by atomic mass is 9.82. The highest BCUT2D eigenvalue weighted by molar-refractivity contribution is 5.59. The molecule has 0 saturated heterocycles. The Labute approximate surface area is 118 Å². The predicted octanol–water partition coefficient (Wildman–Crippen LogP) is 4.04. The number of hydrogen-bond acceptors (Lipinski definition) is 4. The Morgan fingerprint density at radius 1 is 1.30 bits per heavy atom. The minimum absolute atomic E-state index is 0.257. The van der Waals surface area contributed by atoms with Crippen molar-refractivity contribution in [3.8, 4) is 17.2 Å². The van der Waals surface area contributed by atoms with Gasteiger partial charge in [-0.2, -0.15) is 4.98 Å². The van der Waals surface area contributed by atoms with E-state index in [1.165, 1.54) is 12.8 Å². The molecule has 0 amide bonds. The minimum Gasteiger partial charge on any atom is -0.508 e. The molecule has 20 heavy (non-hydrogen) atoms. The molecule has 4 nitrogen and oxygen atoms in total. The molecular formula is C16H20N2O2. The van der Waals surface area contributed by atoms with Crippen LogP contribution in [-0.2, 0) is 0 Å². The molecule has 2 unspecified atom stereocenters. The molecule has 1 heterocycles. The van der Waals surface area contributed by atoms with Crippen LogP contribution in [0.15, 0.2) is 22.7 Å². The quantitative estimate of drug-likeness (QED) is 0.896. The smallest absolute Gasteiger partial charge is 0.258 e. The highest BCUT2D eigenvalue weighted by Gasteiger charge is 2.25. The zero-order valence-corrected chi connectivity index (χ0v) is 12.0. The van der Waals surface area contributed by atoms with Gasteiger partial charge in [-0.15, -0.1) is 0 Å². The summed E-state index contributed by atoms with van der Waals surface area (Å²) >= 11 is 0. The maximum atomic E-state index is 9.46. The third kappa shape index (κ3) is 2.55. The van der Waals surface area contributed by atoms with Crippen molar-refractivity contribution in [3.63, 3.8) is 0 Å². The summed E-state index contributed by atoms with van der Waals surface area (Å²) in [6.07, 6.45) is 4.84. The summed E-state index contributed by atoms with van der Waals surface area (Å²) in [6, 6.07) is 5.18. The minimum atomic E-state index is 0.257. The summed E-state index contributed by atoms with van der Waals surface area (Å²) in [7, 11) is 0. The first-order chi connectivity index (χ1) is 9.63. The molecule has 0 aliphatic heterocycles. The Morgan fingerprint density at radius 3 is 2.90 bits per heavy atom. The lowest BCUT2D eigenvalue weighted by molar-refractivity contribution is 0.324. The number of hydrogen-bond donors (Lipinski definition) is 1. The molecule has 0 spiro atoms. The van der Waals surface area contributed by atoms with Crippen molar-refractivity contribution in [1.82, 2.24) is 10.1 Å². The van der Waals surface area contributed by atoms with Gasteiger partial charge in [-0.3, -0.25) is 0 Å². The number of rotatable bonds is 2. The number of aromatic hydroxyl groups is 1. The van der Waals surface area contributed by atoms with E-state index in [2.05, 4.69) is 17.1 Å². The van der Waals surface area contributed by atoms with Crippen LogP contribution in [0.3, 0.4) is 0 Å². The lowest BCUT2D eigenvalue weighted by Gasteiger charge is -2.23. The Hall–Kier alpha value is -1.84. The van der Waals surface area contributed by atoms with E-state index >= 15 is 0 Å². The first-order valence-electron chi connectivity index (χ1n) is 7.27. The Balaban J connectivity index is 1.86. The average Bonchev–Trinajstić information content (AvgIpc) is 2.88. The van der Waals surface area contributed by atoms with Crippen LogP contribution in [0.5, 0.6) is 5.75 Å². The predicted molar refractivity (Wildman–Crippen MR) is 76.5 cm³/mol. The van der Waals surface area contributed by atoms with E-state index in [4.69, 9.17) is 4.52 Å². The van der Waals surface area contributed by atoms with Crippen LogP contribution in [0.4, 0.5) is 0 Å². The Kier molecular flexibility index (Phi) is 3.47. The molecule has 106 valence electrons. The van der Waals surface area contributed by atoms with E-state index in [-0.39, 0.29) is 5.75 Å². The first kappa shape index (κ1) is 13.2. The molecule has 4 heteroatoms. The van der Waals surface area contributed by atoms with Gasteiger partial charge in [0, 0.05) is 11.5 Å². The zero-order valence-electron chi connectivity index (χ0n) is 12.0. The fraction of sp³-hybridized carbons (Fsp3) is 0.500. The molecule has 0 radical (unpaired) electrons. The molecule has 1 aromatic heterocycles. The van der Waals surface area contributed by atoms with Gasteiger partial charge < -0.3 is 9.63 Å². The summed E-state index contributed by atoms with van der Waals surface area (Å²) in [4.78, 5) is 4.57. The molecule has 2 atom stereocenters. The Bertz CT molecular complexity index is 606. The summed E-state index contributed by atoms with van der Waals surface area (Å²) in [5.74, 6) is 2.81. The van der Waals surface area contributed by atoms with Crippen LogP contribution >= 0.6 is 0 Å². The van der Waals surface area contributed by atoms with Gasteiger partial charge in [-0.25, -0.2) is 0 Å². The van der Waals surface area contributed by atoms with Crippen LogP contribution in [0, 0.1) is 12.8 Å². The largest absolute Gasteiger partial charge is 0.508 e. The number of benzene rings is 1. The topological polar surface area (TPSA) is 59.2 Å². The standard InChI is InChI=1S/C16H20N2O2/c1-10-4-3-5-12(8-10)15-17-16(20-18-15)14-7-6-13(19)9-11(14)2/h6-7,9-10,12,19H,3-5,8H2,1-2H3. The summed E-state index contributed by atoms with van der Waals surface area (Å²) in [5.41, 5.74) is 1.84. The van der Waals surface area contributed by atoms with Gasteiger partial charge >= 0.3 is 0 Å². The molecule has 1 aliphatic rings. The molecule has 2 aromatic rings. The van der Waals surface area contributed by atoms with Gasteiger partial charge in [0.2, 0.25) is 0 Å². The molecular weight excluding hydrogens is 252 g/mol. The van der Waals surface area contributed by atoms with Crippen molar-refractivity contribution in [2.75, 3.05) is 0 Å². The molecule has 1 N–H and O–H groups in total. The number of aromatic nitrogens is 2. The van der Waals surface area contributed by atoms with Gasteiger partial charge in [0.1, 0.15) is 5.75 Å². The number of aryl methyl sites for hydroxylation is 1. The molecule has 1 saturated carbocycles. The highest BCUT2D eigenvalue weighted by Crippen LogP contribution is 2.35. The van der Waals surface area contributed by atoms with E-state index in [1.807, 2.05) is 13.0 Å². The van der Waals surface area contributed by atoms with Crippen molar-refractivity contribution in [1.29, 1.82) is 0 Å². The maximum Gasteiger partial charge on any atom is 0.258 e.